The molecule has 180 valence electrons. The monoisotopic (exact) mass is 461 g/mol. The standard InChI is InChI=1S/C21H39N3O6S/c1-13(2)12-16(10-11-31(9,28)29)23-18(25)15(5)22-19(26)17(14(3)4)24-20(27)30-21(6,7)8/h10-11,13-17H,12H2,1-9H3,(H,22,26)(H,23,25)(H,24,27)/b11-10+/t15-,16+,17-/m0/s1. The maximum absolute atomic E-state index is 12.7. The summed E-state index contributed by atoms with van der Waals surface area (Å²) in [5.74, 6) is -1.01. The second-order valence-electron chi connectivity index (χ2n) is 9.50. The average Bonchev–Trinajstić information content (AvgIpc) is 2.54. The molecule has 0 radical (unpaired) electrons. The Morgan fingerprint density at radius 2 is 1.48 bits per heavy atom. The van der Waals surface area contributed by atoms with Crippen molar-refractivity contribution in [3.63, 3.8) is 0 Å². The molecule has 0 unspecified atom stereocenters. The van der Waals surface area contributed by atoms with Gasteiger partial charge >= 0.3 is 6.09 Å². The molecule has 0 aliphatic carbocycles. The van der Waals surface area contributed by atoms with Crippen LogP contribution in [0.2, 0.25) is 0 Å². The Hall–Kier alpha value is -2.10. The highest BCUT2D eigenvalue weighted by Gasteiger charge is 2.29. The van der Waals surface area contributed by atoms with E-state index >= 15 is 0 Å². The largest absolute Gasteiger partial charge is 0.444 e. The van der Waals surface area contributed by atoms with Gasteiger partial charge in [0.25, 0.3) is 0 Å². The number of nitrogens with one attached hydrogen (secondary N) is 3. The molecule has 0 aromatic rings. The minimum atomic E-state index is -3.33. The molecule has 0 saturated heterocycles. The number of amides is 3. The number of hydrogen-bond acceptors (Lipinski definition) is 6. The third-order valence-corrected chi connectivity index (χ3v) is 4.64. The molecule has 0 bridgehead atoms. The lowest BCUT2D eigenvalue weighted by molar-refractivity contribution is -0.130. The summed E-state index contributed by atoms with van der Waals surface area (Å²) in [7, 11) is -3.33. The summed E-state index contributed by atoms with van der Waals surface area (Å²) in [5, 5.41) is 8.94. The minimum Gasteiger partial charge on any atom is -0.444 e. The Balaban J connectivity index is 5.14. The quantitative estimate of drug-likeness (QED) is 0.457. The topological polar surface area (TPSA) is 131 Å². The highest BCUT2D eigenvalue weighted by Crippen LogP contribution is 2.10. The third-order valence-electron chi connectivity index (χ3n) is 3.98. The van der Waals surface area contributed by atoms with Gasteiger partial charge in [-0.3, -0.25) is 9.59 Å². The Morgan fingerprint density at radius 1 is 0.935 bits per heavy atom. The van der Waals surface area contributed by atoms with E-state index in [2.05, 4.69) is 16.0 Å². The van der Waals surface area contributed by atoms with Gasteiger partial charge in [-0.2, -0.15) is 0 Å². The number of sulfone groups is 1. The molecular weight excluding hydrogens is 422 g/mol. The first kappa shape index (κ1) is 28.9. The second-order valence-corrected chi connectivity index (χ2v) is 11.4. The summed E-state index contributed by atoms with van der Waals surface area (Å²) >= 11 is 0. The van der Waals surface area contributed by atoms with Crippen LogP contribution in [0.15, 0.2) is 11.5 Å². The third kappa shape index (κ3) is 13.7. The molecular formula is C21H39N3O6S. The zero-order valence-corrected chi connectivity index (χ0v) is 20.9. The van der Waals surface area contributed by atoms with Crippen molar-refractivity contribution in [3.8, 4) is 0 Å². The molecule has 3 N–H and O–H groups in total. The molecule has 0 saturated carbocycles. The summed E-state index contributed by atoms with van der Waals surface area (Å²) in [5.41, 5.74) is -0.708. The van der Waals surface area contributed by atoms with Gasteiger partial charge in [0.2, 0.25) is 11.8 Å². The lowest BCUT2D eigenvalue weighted by Crippen LogP contribution is -2.55. The number of ether oxygens (including phenoxy) is 1. The Bertz CT molecular complexity index is 754. The predicted octanol–water partition coefficient (Wildman–Crippen LogP) is 2.13. The lowest BCUT2D eigenvalue weighted by atomic mass is 10.0. The van der Waals surface area contributed by atoms with Gasteiger partial charge in [-0.25, -0.2) is 13.2 Å². The maximum atomic E-state index is 12.7. The lowest BCUT2D eigenvalue weighted by Gasteiger charge is -2.26. The van der Waals surface area contributed by atoms with Gasteiger partial charge < -0.3 is 20.7 Å². The first-order valence-electron chi connectivity index (χ1n) is 10.4. The van der Waals surface area contributed by atoms with E-state index in [9.17, 15) is 22.8 Å². The fourth-order valence-electron chi connectivity index (χ4n) is 2.58. The number of rotatable bonds is 10. The highest BCUT2D eigenvalue weighted by molar-refractivity contribution is 7.93. The van der Waals surface area contributed by atoms with Gasteiger partial charge in [0.1, 0.15) is 17.7 Å². The fraction of sp³-hybridized carbons (Fsp3) is 0.762. The van der Waals surface area contributed by atoms with Crippen molar-refractivity contribution >= 4 is 27.7 Å². The highest BCUT2D eigenvalue weighted by atomic mass is 32.2. The predicted molar refractivity (Wildman–Crippen MR) is 121 cm³/mol. The molecule has 10 heteroatoms. The normalized spacial score (nSPS) is 15.5. The van der Waals surface area contributed by atoms with Gasteiger partial charge in [-0.15, -0.1) is 0 Å². The van der Waals surface area contributed by atoms with Crippen LogP contribution in [0, 0.1) is 11.8 Å². The van der Waals surface area contributed by atoms with Crippen molar-refractivity contribution in [1.82, 2.24) is 16.0 Å². The van der Waals surface area contributed by atoms with E-state index in [4.69, 9.17) is 4.74 Å². The van der Waals surface area contributed by atoms with E-state index < -0.39 is 51.5 Å². The maximum Gasteiger partial charge on any atom is 0.408 e. The van der Waals surface area contributed by atoms with Crippen molar-refractivity contribution in [3.05, 3.63) is 11.5 Å². The van der Waals surface area contributed by atoms with Crippen molar-refractivity contribution in [2.24, 2.45) is 11.8 Å². The molecule has 0 aromatic heterocycles. The molecule has 0 heterocycles. The van der Waals surface area contributed by atoms with Gasteiger partial charge in [0, 0.05) is 17.7 Å². The summed E-state index contributed by atoms with van der Waals surface area (Å²) in [6, 6.07) is -2.28. The fourth-order valence-corrected chi connectivity index (χ4v) is 3.05. The van der Waals surface area contributed by atoms with Crippen LogP contribution >= 0.6 is 0 Å². The van der Waals surface area contributed by atoms with Crippen molar-refractivity contribution in [2.75, 3.05) is 6.26 Å². The Morgan fingerprint density at radius 3 is 1.90 bits per heavy atom. The van der Waals surface area contributed by atoms with Crippen LogP contribution in [-0.2, 0) is 24.2 Å². The van der Waals surface area contributed by atoms with Crippen LogP contribution in [0.1, 0.15) is 61.8 Å². The zero-order valence-electron chi connectivity index (χ0n) is 20.1. The minimum absolute atomic E-state index is 0.211. The van der Waals surface area contributed by atoms with Crippen LogP contribution in [0.25, 0.3) is 0 Å². The van der Waals surface area contributed by atoms with E-state index in [1.54, 1.807) is 34.6 Å². The first-order chi connectivity index (χ1) is 13.9. The Kier molecular flexibility index (Phi) is 11.3. The van der Waals surface area contributed by atoms with Crippen LogP contribution in [-0.4, -0.2) is 56.3 Å². The summed E-state index contributed by atoms with van der Waals surface area (Å²) in [4.78, 5) is 37.3. The molecule has 0 aromatic carbocycles. The van der Waals surface area contributed by atoms with Crippen molar-refractivity contribution < 1.29 is 27.5 Å². The zero-order chi connectivity index (χ0) is 24.6. The van der Waals surface area contributed by atoms with Crippen LogP contribution in [0.5, 0.6) is 0 Å². The van der Waals surface area contributed by atoms with E-state index in [-0.39, 0.29) is 11.8 Å². The first-order valence-corrected chi connectivity index (χ1v) is 12.3. The molecule has 0 aliphatic rings. The van der Waals surface area contributed by atoms with E-state index in [0.717, 1.165) is 11.7 Å². The average molecular weight is 462 g/mol. The number of alkyl carbamates (subject to hydrolysis) is 1. The summed E-state index contributed by atoms with van der Waals surface area (Å²) < 4.78 is 28.0. The Labute approximate surface area is 186 Å². The molecule has 0 aliphatic heterocycles. The van der Waals surface area contributed by atoms with Crippen molar-refractivity contribution in [1.29, 1.82) is 0 Å². The van der Waals surface area contributed by atoms with Crippen LogP contribution in [0.3, 0.4) is 0 Å². The molecule has 9 nitrogen and oxygen atoms in total. The van der Waals surface area contributed by atoms with Gasteiger partial charge in [0.15, 0.2) is 9.84 Å². The molecule has 0 fully saturated rings. The summed E-state index contributed by atoms with van der Waals surface area (Å²) in [6.07, 6.45) is 2.32. The molecule has 0 spiro atoms. The van der Waals surface area contributed by atoms with E-state index in [0.29, 0.717) is 6.42 Å². The van der Waals surface area contributed by atoms with Crippen LogP contribution in [0.4, 0.5) is 4.79 Å². The van der Waals surface area contributed by atoms with E-state index in [1.165, 1.54) is 13.0 Å². The molecule has 3 amide bonds. The van der Waals surface area contributed by atoms with E-state index in [1.807, 2.05) is 13.8 Å². The number of carbonyl (C=O) groups excluding carboxylic acids is 3. The second kappa shape index (κ2) is 12.1. The van der Waals surface area contributed by atoms with Crippen molar-refractivity contribution in [2.45, 2.75) is 85.5 Å². The number of hydrogen-bond donors (Lipinski definition) is 3. The molecule has 3 atom stereocenters. The molecule has 0 rings (SSSR count). The van der Waals surface area contributed by atoms with Gasteiger partial charge in [-0.05, 0) is 46.0 Å². The SMILES string of the molecule is CC(C)C[C@@H](/C=C/S(C)(=O)=O)NC(=O)[C@H](C)NC(=O)[C@@H](NC(=O)OC(C)(C)C)C(C)C. The summed E-state index contributed by atoms with van der Waals surface area (Å²) in [6.45, 7) is 14.1. The number of carbonyl (C=O) groups is 3. The van der Waals surface area contributed by atoms with Gasteiger partial charge in [0.05, 0.1) is 0 Å². The molecule has 31 heavy (non-hydrogen) atoms. The van der Waals surface area contributed by atoms with Crippen LogP contribution < -0.4 is 16.0 Å². The smallest absolute Gasteiger partial charge is 0.408 e. The van der Waals surface area contributed by atoms with Gasteiger partial charge in [-0.1, -0.05) is 33.8 Å².